The van der Waals surface area contributed by atoms with Gasteiger partial charge in [-0.1, -0.05) is 13.8 Å². The molecule has 0 radical (unpaired) electrons. The molecule has 3 N–H and O–H groups in total. The quantitative estimate of drug-likeness (QED) is 0.675. The van der Waals surface area contributed by atoms with Crippen molar-refractivity contribution in [1.82, 2.24) is 5.32 Å². The van der Waals surface area contributed by atoms with Gasteiger partial charge >= 0.3 is 0 Å². The number of hydrogen-bond acceptors (Lipinski definition) is 4. The highest BCUT2D eigenvalue weighted by atomic mass is 16.3. The number of benzene rings is 1. The molecule has 5 heteroatoms. The lowest BCUT2D eigenvalue weighted by Crippen LogP contribution is -2.35. The molecule has 1 aliphatic heterocycles. The zero-order chi connectivity index (χ0) is 18.2. The fraction of sp³-hybridized carbons (Fsp3) is 0.650. The van der Waals surface area contributed by atoms with Gasteiger partial charge in [0.05, 0.1) is 6.10 Å². The molecule has 25 heavy (non-hydrogen) atoms. The molecule has 1 heterocycles. The highest BCUT2D eigenvalue weighted by Crippen LogP contribution is 2.21. The van der Waals surface area contributed by atoms with Gasteiger partial charge in [0.1, 0.15) is 0 Å². The van der Waals surface area contributed by atoms with Gasteiger partial charge in [-0.05, 0) is 61.8 Å². The lowest BCUT2D eigenvalue weighted by molar-refractivity contribution is 0.0941. The molecule has 5 nitrogen and oxygen atoms in total. The predicted molar refractivity (Wildman–Crippen MR) is 101 cm³/mol. The molecule has 1 aromatic carbocycles. The van der Waals surface area contributed by atoms with E-state index >= 15 is 0 Å². The summed E-state index contributed by atoms with van der Waals surface area (Å²) in [6.07, 6.45) is 3.13. The maximum atomic E-state index is 12.3. The highest BCUT2D eigenvalue weighted by Gasteiger charge is 2.18. The van der Waals surface area contributed by atoms with Crippen molar-refractivity contribution in [3.63, 3.8) is 0 Å². The van der Waals surface area contributed by atoms with Gasteiger partial charge in [0.15, 0.2) is 0 Å². The van der Waals surface area contributed by atoms with Crippen molar-refractivity contribution in [2.24, 2.45) is 11.8 Å². The normalized spacial score (nSPS) is 16.9. The number of hydrogen-bond donors (Lipinski definition) is 3. The van der Waals surface area contributed by atoms with Gasteiger partial charge in [-0.15, -0.1) is 0 Å². The van der Waals surface area contributed by atoms with E-state index in [9.17, 15) is 9.90 Å². The Bertz CT molecular complexity index is 522. The Morgan fingerprint density at radius 2 is 1.88 bits per heavy atom. The Morgan fingerprint density at radius 1 is 1.24 bits per heavy atom. The van der Waals surface area contributed by atoms with Gasteiger partial charge < -0.3 is 20.4 Å². The fourth-order valence-corrected chi connectivity index (χ4v) is 3.44. The van der Waals surface area contributed by atoms with Crippen molar-refractivity contribution < 1.29 is 15.0 Å². The molecule has 1 atom stereocenters. The van der Waals surface area contributed by atoms with E-state index in [1.165, 1.54) is 0 Å². The average molecular weight is 348 g/mol. The van der Waals surface area contributed by atoms with Gasteiger partial charge in [-0.2, -0.15) is 0 Å². The van der Waals surface area contributed by atoms with E-state index in [1.54, 1.807) is 0 Å². The SMILES string of the molecule is CC(C)CC(CCO)CNC(=O)c1ccc(N2CCC(O)CC2)cc1. The molecule has 1 fully saturated rings. The largest absolute Gasteiger partial charge is 0.396 e. The van der Waals surface area contributed by atoms with E-state index in [0.29, 0.717) is 23.9 Å². The molecule has 0 aliphatic carbocycles. The number of aliphatic hydroxyl groups is 2. The second-order valence-electron chi connectivity index (χ2n) is 7.48. The number of carbonyl (C=O) groups excluding carboxylic acids is 1. The minimum atomic E-state index is -0.181. The first kappa shape index (κ1) is 19.7. The number of aliphatic hydroxyl groups excluding tert-OH is 2. The second kappa shape index (κ2) is 9.78. The molecule has 0 bridgehead atoms. The summed E-state index contributed by atoms with van der Waals surface area (Å²) < 4.78 is 0. The third-order valence-corrected chi connectivity index (χ3v) is 4.85. The first-order chi connectivity index (χ1) is 12.0. The predicted octanol–water partition coefficient (Wildman–Crippen LogP) is 2.42. The van der Waals surface area contributed by atoms with Crippen LogP contribution < -0.4 is 10.2 Å². The molecule has 140 valence electrons. The summed E-state index contributed by atoms with van der Waals surface area (Å²) in [5, 5.41) is 21.8. The molecule has 1 amide bonds. The Labute approximate surface area is 151 Å². The maximum absolute atomic E-state index is 12.3. The molecular formula is C20H32N2O3. The Morgan fingerprint density at radius 3 is 2.44 bits per heavy atom. The molecule has 1 aromatic rings. The first-order valence-electron chi connectivity index (χ1n) is 9.41. The minimum absolute atomic E-state index is 0.0627. The van der Waals surface area contributed by atoms with Crippen LogP contribution in [0.4, 0.5) is 5.69 Å². The highest BCUT2D eigenvalue weighted by molar-refractivity contribution is 5.94. The van der Waals surface area contributed by atoms with Crippen molar-refractivity contribution in [3.8, 4) is 0 Å². The smallest absolute Gasteiger partial charge is 0.251 e. The number of anilines is 1. The van der Waals surface area contributed by atoms with Crippen molar-refractivity contribution in [3.05, 3.63) is 29.8 Å². The number of piperidine rings is 1. The van der Waals surface area contributed by atoms with E-state index in [1.807, 2.05) is 24.3 Å². The summed E-state index contributed by atoms with van der Waals surface area (Å²) in [5.41, 5.74) is 1.76. The van der Waals surface area contributed by atoms with Crippen LogP contribution in [0.3, 0.4) is 0 Å². The van der Waals surface area contributed by atoms with Gasteiger partial charge in [0.25, 0.3) is 5.91 Å². The van der Waals surface area contributed by atoms with Crippen LogP contribution in [0.15, 0.2) is 24.3 Å². The molecule has 1 unspecified atom stereocenters. The van der Waals surface area contributed by atoms with E-state index in [2.05, 4.69) is 24.1 Å². The van der Waals surface area contributed by atoms with E-state index < -0.39 is 0 Å². The van der Waals surface area contributed by atoms with Crippen LogP contribution in [0.2, 0.25) is 0 Å². The molecular weight excluding hydrogens is 316 g/mol. The molecule has 2 rings (SSSR count). The Hall–Kier alpha value is -1.59. The number of nitrogens with one attached hydrogen (secondary N) is 1. The molecule has 1 aliphatic rings. The lowest BCUT2D eigenvalue weighted by Gasteiger charge is -2.31. The zero-order valence-electron chi connectivity index (χ0n) is 15.4. The first-order valence-corrected chi connectivity index (χ1v) is 9.41. The van der Waals surface area contributed by atoms with Crippen molar-refractivity contribution >= 4 is 11.6 Å². The van der Waals surface area contributed by atoms with E-state index in [-0.39, 0.29) is 18.6 Å². The van der Waals surface area contributed by atoms with Crippen LogP contribution in [-0.4, -0.2) is 48.5 Å². The standard InChI is InChI=1S/C20H32N2O3/c1-15(2)13-16(9-12-23)14-21-20(25)17-3-5-18(6-4-17)22-10-7-19(24)8-11-22/h3-6,15-16,19,23-24H,7-14H2,1-2H3,(H,21,25). The van der Waals surface area contributed by atoms with Gasteiger partial charge in [0.2, 0.25) is 0 Å². The third kappa shape index (κ3) is 6.33. The molecule has 0 aromatic heterocycles. The number of nitrogens with zero attached hydrogens (tertiary/aromatic N) is 1. The summed E-state index contributed by atoms with van der Waals surface area (Å²) in [5.74, 6) is 0.802. The number of rotatable bonds is 8. The van der Waals surface area contributed by atoms with Gasteiger partial charge in [0, 0.05) is 37.5 Å². The van der Waals surface area contributed by atoms with Crippen LogP contribution in [0, 0.1) is 11.8 Å². The van der Waals surface area contributed by atoms with Crippen molar-refractivity contribution in [1.29, 1.82) is 0 Å². The fourth-order valence-electron chi connectivity index (χ4n) is 3.44. The summed E-state index contributed by atoms with van der Waals surface area (Å²) in [6, 6.07) is 7.68. The van der Waals surface area contributed by atoms with Gasteiger partial charge in [-0.3, -0.25) is 4.79 Å². The maximum Gasteiger partial charge on any atom is 0.251 e. The van der Waals surface area contributed by atoms with Gasteiger partial charge in [-0.25, -0.2) is 0 Å². The van der Waals surface area contributed by atoms with E-state index in [0.717, 1.165) is 44.5 Å². The van der Waals surface area contributed by atoms with Crippen LogP contribution >= 0.6 is 0 Å². The summed E-state index contributed by atoms with van der Waals surface area (Å²) in [7, 11) is 0. The number of carbonyl (C=O) groups is 1. The molecule has 0 spiro atoms. The van der Waals surface area contributed by atoms with Crippen LogP contribution in [0.25, 0.3) is 0 Å². The van der Waals surface area contributed by atoms with Crippen molar-refractivity contribution in [2.45, 2.75) is 45.6 Å². The third-order valence-electron chi connectivity index (χ3n) is 4.85. The Balaban J connectivity index is 1.87. The number of amides is 1. The topological polar surface area (TPSA) is 72.8 Å². The summed E-state index contributed by atoms with van der Waals surface area (Å²) in [4.78, 5) is 14.6. The van der Waals surface area contributed by atoms with Crippen LogP contribution in [-0.2, 0) is 0 Å². The Kier molecular flexibility index (Phi) is 7.72. The molecule has 0 saturated carbocycles. The average Bonchev–Trinajstić information content (AvgIpc) is 2.60. The summed E-state index contributed by atoms with van der Waals surface area (Å²) in [6.45, 7) is 6.78. The van der Waals surface area contributed by atoms with Crippen LogP contribution in [0.5, 0.6) is 0 Å². The van der Waals surface area contributed by atoms with Crippen LogP contribution in [0.1, 0.15) is 49.9 Å². The lowest BCUT2D eigenvalue weighted by atomic mass is 9.94. The zero-order valence-corrected chi connectivity index (χ0v) is 15.4. The monoisotopic (exact) mass is 348 g/mol. The second-order valence-corrected chi connectivity index (χ2v) is 7.48. The van der Waals surface area contributed by atoms with Crippen molar-refractivity contribution in [2.75, 3.05) is 31.1 Å². The van der Waals surface area contributed by atoms with E-state index in [4.69, 9.17) is 5.11 Å². The minimum Gasteiger partial charge on any atom is -0.396 e. The summed E-state index contributed by atoms with van der Waals surface area (Å²) >= 11 is 0. The molecule has 1 saturated heterocycles.